The molecule has 0 N–H and O–H groups in total. The van der Waals surface area contributed by atoms with Crippen LogP contribution in [0, 0.1) is 6.92 Å². The number of amides is 1. The van der Waals surface area contributed by atoms with Gasteiger partial charge in [0.2, 0.25) is 5.91 Å². The minimum Gasteiger partial charge on any atom is -0.490 e. The van der Waals surface area contributed by atoms with Crippen LogP contribution in [0.15, 0.2) is 24.3 Å². The van der Waals surface area contributed by atoms with E-state index in [0.717, 1.165) is 44.8 Å². The van der Waals surface area contributed by atoms with Gasteiger partial charge in [-0.2, -0.15) is 0 Å². The number of rotatable bonds is 4. The van der Waals surface area contributed by atoms with E-state index in [9.17, 15) is 4.79 Å². The quantitative estimate of drug-likeness (QED) is 0.840. The first-order valence-electron chi connectivity index (χ1n) is 9.32. The first-order valence-corrected chi connectivity index (χ1v) is 9.32. The van der Waals surface area contributed by atoms with Crippen molar-refractivity contribution in [1.82, 2.24) is 9.80 Å². The summed E-state index contributed by atoms with van der Waals surface area (Å²) in [6, 6.07) is 8.17. The molecule has 2 aliphatic heterocycles. The number of carbonyl (C=O) groups is 1. The van der Waals surface area contributed by atoms with Gasteiger partial charge in [0, 0.05) is 39.0 Å². The molecule has 5 heteroatoms. The van der Waals surface area contributed by atoms with Crippen molar-refractivity contribution in [2.24, 2.45) is 0 Å². The van der Waals surface area contributed by atoms with Crippen LogP contribution in [-0.4, -0.2) is 66.7 Å². The third-order valence-electron chi connectivity index (χ3n) is 5.35. The molecule has 0 aliphatic carbocycles. The van der Waals surface area contributed by atoms with Crippen LogP contribution in [0.5, 0.6) is 5.75 Å². The zero-order valence-corrected chi connectivity index (χ0v) is 15.7. The van der Waals surface area contributed by atoms with E-state index in [1.165, 1.54) is 5.56 Å². The summed E-state index contributed by atoms with van der Waals surface area (Å²) < 4.78 is 11.5. The lowest BCUT2D eigenvalue weighted by atomic mass is 9.97. The monoisotopic (exact) mass is 346 g/mol. The van der Waals surface area contributed by atoms with Gasteiger partial charge in [-0.1, -0.05) is 12.1 Å². The molecule has 138 valence electrons. The number of ether oxygens (including phenoxy) is 2. The SMILES string of the molecule is Cc1cccc(OC2CCN(C(=O)C(C)(C)N3CCOCC3)CC2)c1. The predicted octanol–water partition coefficient (Wildman–Crippen LogP) is 2.48. The van der Waals surface area contributed by atoms with Gasteiger partial charge in [-0.25, -0.2) is 0 Å². The second kappa shape index (κ2) is 7.75. The lowest BCUT2D eigenvalue weighted by molar-refractivity contribution is -0.147. The van der Waals surface area contributed by atoms with Crippen molar-refractivity contribution in [3.63, 3.8) is 0 Å². The Labute approximate surface area is 150 Å². The first-order chi connectivity index (χ1) is 12.0. The van der Waals surface area contributed by atoms with Gasteiger partial charge in [0.15, 0.2) is 0 Å². The van der Waals surface area contributed by atoms with Gasteiger partial charge in [-0.05, 0) is 38.5 Å². The van der Waals surface area contributed by atoms with Crippen LogP contribution < -0.4 is 4.74 Å². The van der Waals surface area contributed by atoms with E-state index in [2.05, 4.69) is 24.0 Å². The van der Waals surface area contributed by atoms with Crippen LogP contribution in [0.1, 0.15) is 32.3 Å². The molecule has 0 saturated carbocycles. The molecule has 25 heavy (non-hydrogen) atoms. The molecule has 1 amide bonds. The fourth-order valence-corrected chi connectivity index (χ4v) is 3.70. The van der Waals surface area contributed by atoms with Crippen molar-refractivity contribution < 1.29 is 14.3 Å². The molecule has 5 nitrogen and oxygen atoms in total. The summed E-state index contributed by atoms with van der Waals surface area (Å²) in [6.07, 6.45) is 1.97. The van der Waals surface area contributed by atoms with Crippen LogP contribution in [0.4, 0.5) is 0 Å². The third kappa shape index (κ3) is 4.33. The molecular weight excluding hydrogens is 316 g/mol. The van der Waals surface area contributed by atoms with Gasteiger partial charge in [-0.15, -0.1) is 0 Å². The van der Waals surface area contributed by atoms with Crippen molar-refractivity contribution in [3.8, 4) is 5.75 Å². The van der Waals surface area contributed by atoms with E-state index in [1.807, 2.05) is 30.9 Å². The molecule has 0 atom stereocenters. The minimum atomic E-state index is -0.464. The second-order valence-corrected chi connectivity index (χ2v) is 7.58. The molecule has 2 heterocycles. The van der Waals surface area contributed by atoms with Gasteiger partial charge in [0.05, 0.1) is 18.8 Å². The third-order valence-corrected chi connectivity index (χ3v) is 5.35. The zero-order valence-electron chi connectivity index (χ0n) is 15.7. The Hall–Kier alpha value is -1.59. The van der Waals surface area contributed by atoms with Crippen LogP contribution in [0.2, 0.25) is 0 Å². The summed E-state index contributed by atoms with van der Waals surface area (Å²) in [5, 5.41) is 0. The van der Waals surface area contributed by atoms with Gasteiger partial charge in [0.1, 0.15) is 11.9 Å². The molecule has 0 unspecified atom stereocenters. The summed E-state index contributed by atoms with van der Waals surface area (Å²) >= 11 is 0. The number of hydrogen-bond donors (Lipinski definition) is 0. The maximum Gasteiger partial charge on any atom is 0.242 e. The number of morpholine rings is 1. The smallest absolute Gasteiger partial charge is 0.242 e. The van der Waals surface area contributed by atoms with Crippen molar-refractivity contribution in [3.05, 3.63) is 29.8 Å². The Morgan fingerprint density at radius 2 is 1.84 bits per heavy atom. The Balaban J connectivity index is 1.53. The number of hydrogen-bond acceptors (Lipinski definition) is 4. The van der Waals surface area contributed by atoms with E-state index in [0.29, 0.717) is 13.2 Å². The van der Waals surface area contributed by atoms with Crippen molar-refractivity contribution in [1.29, 1.82) is 0 Å². The van der Waals surface area contributed by atoms with Crippen LogP contribution in [0.3, 0.4) is 0 Å². The number of likely N-dealkylation sites (tertiary alicyclic amines) is 1. The van der Waals surface area contributed by atoms with E-state index in [-0.39, 0.29) is 12.0 Å². The highest BCUT2D eigenvalue weighted by Crippen LogP contribution is 2.24. The highest BCUT2D eigenvalue weighted by atomic mass is 16.5. The van der Waals surface area contributed by atoms with Crippen molar-refractivity contribution >= 4 is 5.91 Å². The van der Waals surface area contributed by atoms with Crippen LogP contribution in [-0.2, 0) is 9.53 Å². The maximum absolute atomic E-state index is 13.0. The molecule has 0 bridgehead atoms. The van der Waals surface area contributed by atoms with Crippen molar-refractivity contribution in [2.45, 2.75) is 45.3 Å². The van der Waals surface area contributed by atoms with Crippen LogP contribution >= 0.6 is 0 Å². The summed E-state index contributed by atoms with van der Waals surface area (Å²) in [5.41, 5.74) is 0.742. The van der Waals surface area contributed by atoms with Gasteiger partial charge in [0.25, 0.3) is 0 Å². The fraction of sp³-hybridized carbons (Fsp3) is 0.650. The largest absolute Gasteiger partial charge is 0.490 e. The predicted molar refractivity (Wildman–Crippen MR) is 97.9 cm³/mol. The molecule has 2 saturated heterocycles. The molecule has 3 rings (SSSR count). The standard InChI is InChI=1S/C20H30N2O3/c1-16-5-4-6-18(15-16)25-17-7-9-21(10-8-17)19(23)20(2,3)22-11-13-24-14-12-22/h4-6,15,17H,7-14H2,1-3H3. The Morgan fingerprint density at radius 3 is 2.48 bits per heavy atom. The lowest BCUT2D eigenvalue weighted by Crippen LogP contribution is -2.60. The zero-order chi connectivity index (χ0) is 17.9. The number of carbonyl (C=O) groups excluding carboxylic acids is 1. The maximum atomic E-state index is 13.0. The fourth-order valence-electron chi connectivity index (χ4n) is 3.70. The lowest BCUT2D eigenvalue weighted by Gasteiger charge is -2.43. The normalized spacial score (nSPS) is 20.5. The molecule has 1 aromatic rings. The van der Waals surface area contributed by atoms with Crippen LogP contribution in [0.25, 0.3) is 0 Å². The highest BCUT2D eigenvalue weighted by Gasteiger charge is 2.39. The van der Waals surface area contributed by atoms with Crippen molar-refractivity contribution in [2.75, 3.05) is 39.4 Å². The minimum absolute atomic E-state index is 0.192. The first kappa shape index (κ1) is 18.2. The molecular formula is C20H30N2O3. The average molecular weight is 346 g/mol. The Kier molecular flexibility index (Phi) is 5.64. The summed E-state index contributed by atoms with van der Waals surface area (Å²) in [7, 11) is 0. The summed E-state index contributed by atoms with van der Waals surface area (Å²) in [4.78, 5) is 17.3. The summed E-state index contributed by atoms with van der Waals surface area (Å²) in [5.74, 6) is 1.15. The molecule has 0 aromatic heterocycles. The molecule has 1 aromatic carbocycles. The summed E-state index contributed by atoms with van der Waals surface area (Å²) in [6.45, 7) is 10.8. The number of piperidine rings is 1. The van der Waals surface area contributed by atoms with E-state index in [4.69, 9.17) is 9.47 Å². The second-order valence-electron chi connectivity index (χ2n) is 7.58. The van der Waals surface area contributed by atoms with Gasteiger partial charge in [-0.3, -0.25) is 9.69 Å². The molecule has 0 radical (unpaired) electrons. The highest BCUT2D eigenvalue weighted by molar-refractivity contribution is 5.85. The van der Waals surface area contributed by atoms with E-state index in [1.54, 1.807) is 0 Å². The number of nitrogens with zero attached hydrogens (tertiary/aromatic N) is 2. The molecule has 0 spiro atoms. The Morgan fingerprint density at radius 1 is 1.16 bits per heavy atom. The molecule has 2 aliphatic rings. The number of aryl methyl sites for hydroxylation is 1. The number of benzene rings is 1. The van der Waals surface area contributed by atoms with Gasteiger partial charge >= 0.3 is 0 Å². The topological polar surface area (TPSA) is 42.0 Å². The van der Waals surface area contributed by atoms with E-state index >= 15 is 0 Å². The van der Waals surface area contributed by atoms with Gasteiger partial charge < -0.3 is 14.4 Å². The average Bonchev–Trinajstić information content (AvgIpc) is 2.62. The Bertz CT molecular complexity index is 588. The molecule has 2 fully saturated rings. The van der Waals surface area contributed by atoms with E-state index < -0.39 is 5.54 Å².